The van der Waals surface area contributed by atoms with E-state index >= 15 is 0 Å². The number of aromatic hydroxyl groups is 3. The van der Waals surface area contributed by atoms with Gasteiger partial charge in [-0.2, -0.15) is 0 Å². The summed E-state index contributed by atoms with van der Waals surface area (Å²) in [6.07, 6.45) is 23.8. The number of rotatable bonds is 26. The van der Waals surface area contributed by atoms with Crippen LogP contribution in [0.1, 0.15) is 223 Å². The second-order valence-corrected chi connectivity index (χ2v) is 24.8. The molecule has 7 atom stereocenters. The molecule has 3 aromatic carbocycles. The molecule has 85 heavy (non-hydrogen) atoms. The van der Waals surface area contributed by atoms with Crippen molar-refractivity contribution in [1.29, 1.82) is 0 Å². The van der Waals surface area contributed by atoms with Gasteiger partial charge in [-0.15, -0.1) is 0 Å². The molecule has 5 N–H and O–H groups in total. The molecule has 6 rings (SSSR count). The van der Waals surface area contributed by atoms with E-state index in [1.165, 1.54) is 23.6 Å². The number of aliphatic hydroxyl groups is 2. The number of ether oxygens (including phenoxy) is 3. The average molecular weight is 1170 g/mol. The maximum atomic E-state index is 12.6. The summed E-state index contributed by atoms with van der Waals surface area (Å²) in [4.78, 5) is 38.4. The van der Waals surface area contributed by atoms with E-state index in [-0.39, 0.29) is 58.7 Å². The molecule has 0 spiro atoms. The predicted octanol–water partition coefficient (Wildman–Crippen LogP) is 16.5. The van der Waals surface area contributed by atoms with E-state index in [1.807, 2.05) is 64.0 Å². The molecular weight excluding hydrogens is 1070 g/mol. The Morgan fingerprint density at radius 3 is 1.14 bits per heavy atom. The number of unbranched alkanes of at least 4 members (excludes halogenated alkanes) is 6. The average Bonchev–Trinajstić information content (AvgIpc) is 1.64. The third kappa shape index (κ3) is 21.9. The zero-order valence-electron chi connectivity index (χ0n) is 53.8. The van der Waals surface area contributed by atoms with Crippen LogP contribution in [-0.2, 0) is 33.6 Å². The highest BCUT2D eigenvalue weighted by Gasteiger charge is 2.35. The van der Waals surface area contributed by atoms with Crippen LogP contribution >= 0.6 is 0 Å². The summed E-state index contributed by atoms with van der Waals surface area (Å²) in [6.45, 7) is 32.6. The van der Waals surface area contributed by atoms with Gasteiger partial charge in [0.05, 0.1) is 6.42 Å². The van der Waals surface area contributed by atoms with Gasteiger partial charge >= 0.3 is 17.9 Å². The van der Waals surface area contributed by atoms with Crippen LogP contribution in [0, 0.1) is 17.8 Å². The molecule has 0 fully saturated rings. The molecule has 12 nitrogen and oxygen atoms in total. The highest BCUT2D eigenvalue weighted by atomic mass is 16.6. The lowest BCUT2D eigenvalue weighted by Crippen LogP contribution is -2.24. The number of esters is 3. The number of allylic oxidation sites excluding steroid dienone is 9. The Labute approximate surface area is 510 Å². The van der Waals surface area contributed by atoms with Crippen molar-refractivity contribution in [3.8, 4) is 34.5 Å². The number of benzene rings is 3. The molecule has 0 radical (unpaired) electrons. The van der Waals surface area contributed by atoms with E-state index in [0.29, 0.717) is 41.3 Å². The van der Waals surface area contributed by atoms with Gasteiger partial charge in [0.2, 0.25) is 0 Å². The molecule has 0 aliphatic heterocycles. The van der Waals surface area contributed by atoms with Crippen LogP contribution in [0.4, 0.5) is 0 Å². The fourth-order valence-electron chi connectivity index (χ4n) is 12.0. The van der Waals surface area contributed by atoms with Crippen LogP contribution in [0.3, 0.4) is 0 Å². The topological polar surface area (TPSA) is 183 Å². The first-order valence-electron chi connectivity index (χ1n) is 31.5. The van der Waals surface area contributed by atoms with Gasteiger partial charge in [0.1, 0.15) is 47.2 Å². The van der Waals surface area contributed by atoms with Crippen LogP contribution in [0.2, 0.25) is 0 Å². The van der Waals surface area contributed by atoms with E-state index in [0.717, 1.165) is 155 Å². The van der Waals surface area contributed by atoms with Gasteiger partial charge in [-0.05, 0) is 210 Å². The van der Waals surface area contributed by atoms with Crippen LogP contribution < -0.4 is 14.2 Å². The standard InChI is InChI=1S/C26H39NO3.C24H34O4.C23H32O4/c1-7-8-9-10-20-16-23(28)26(22-15-19(4)11-12-21(22)18(2)3)24(17-20)30-25(29)13-14-27(5)6;1-6-7-8-9-18-13-21(26)23(22(14-18)28-24(27)17(5)25)20-12-16(4)10-11-19(20)15(2)3;1-5-6-7-8-17-12-20(25)23(21(13-17)27-22(26)14-24)19-11-16(4)9-10-18(19)15(2)3/h15-17,21-22,28H,2,7-14H2,1,3-6H3;12-14,17,19-20,25-26H,2,6-11H2,1,3-5H3;11-13,18-19,24-25H,2,5-10,14H2,1,3-4H3/t21-,22+;17-,19+,20-;18-,19+/m010/s1. The van der Waals surface area contributed by atoms with Crippen molar-refractivity contribution in [2.75, 3.05) is 27.2 Å². The first-order chi connectivity index (χ1) is 40.3. The van der Waals surface area contributed by atoms with E-state index < -0.39 is 24.6 Å². The van der Waals surface area contributed by atoms with Crippen molar-refractivity contribution >= 4 is 17.9 Å². The fourth-order valence-corrected chi connectivity index (χ4v) is 12.0. The normalized spacial score (nSPS) is 19.6. The number of phenols is 3. The summed E-state index contributed by atoms with van der Waals surface area (Å²) in [5.41, 5.74) is 11.8. The number of phenolic OH excluding ortho intramolecular Hbond substituents is 3. The zero-order valence-corrected chi connectivity index (χ0v) is 53.8. The summed E-state index contributed by atoms with van der Waals surface area (Å²) < 4.78 is 16.8. The minimum Gasteiger partial charge on any atom is -0.507 e. The molecule has 3 aliphatic carbocycles. The van der Waals surface area contributed by atoms with Crippen LogP contribution in [0.15, 0.2) is 108 Å². The minimum absolute atomic E-state index is 0.0300. The van der Waals surface area contributed by atoms with Crippen molar-refractivity contribution in [2.24, 2.45) is 17.8 Å². The number of aryl methyl sites for hydroxylation is 3. The Bertz CT molecular complexity index is 2850. The Morgan fingerprint density at radius 1 is 0.541 bits per heavy atom. The Balaban J connectivity index is 0.000000274. The number of hydrogen-bond acceptors (Lipinski definition) is 12. The van der Waals surface area contributed by atoms with Gasteiger partial charge in [0.15, 0.2) is 0 Å². The number of hydrogen-bond donors (Lipinski definition) is 5. The van der Waals surface area contributed by atoms with Gasteiger partial charge in [0, 0.05) is 41.0 Å². The smallest absolute Gasteiger partial charge is 0.340 e. The number of nitrogens with zero attached hydrogens (tertiary/aromatic N) is 1. The second-order valence-electron chi connectivity index (χ2n) is 24.8. The molecule has 0 heterocycles. The molecule has 0 bridgehead atoms. The van der Waals surface area contributed by atoms with Crippen LogP contribution in [-0.4, -0.2) is 81.7 Å². The fraction of sp³-hybridized carbons (Fsp3) is 0.548. The number of carbonyl (C=O) groups excluding carboxylic acids is 3. The third-order valence-electron chi connectivity index (χ3n) is 16.8. The van der Waals surface area contributed by atoms with Gasteiger partial charge in [-0.25, -0.2) is 9.59 Å². The molecule has 12 heteroatoms. The van der Waals surface area contributed by atoms with Crippen molar-refractivity contribution in [3.05, 3.63) is 141 Å². The SMILES string of the molecule is C=C(C)[C@@H]1CCC(C)=C[C@H]1c1c(O)cc(CCCCC)cc1OC(=O)CCN(C)C.C=C(C)[C@@H]1CCC(C)=C[C@H]1c1c(O)cc(CCCCC)cc1OC(=O)CO.C=C(C)[C@@H]1CCC(C)=C[C@H]1c1c(O)cc(CCCCC)cc1OC(=O)[C@@H](C)O. The highest BCUT2D eigenvalue weighted by molar-refractivity contribution is 5.78. The van der Waals surface area contributed by atoms with Gasteiger partial charge < -0.3 is 44.6 Å². The molecule has 3 aromatic rings. The molecule has 0 saturated carbocycles. The Kier molecular flexibility index (Phi) is 29.7. The Morgan fingerprint density at radius 2 is 0.859 bits per heavy atom. The molecule has 0 amide bonds. The molecule has 3 aliphatic rings. The van der Waals surface area contributed by atoms with E-state index in [1.54, 1.807) is 12.1 Å². The lowest BCUT2D eigenvalue weighted by Gasteiger charge is -2.32. The second kappa shape index (κ2) is 35.4. The number of carbonyl (C=O) groups is 3. The summed E-state index contributed by atoms with van der Waals surface area (Å²) in [6, 6.07) is 11.1. The van der Waals surface area contributed by atoms with Gasteiger partial charge in [0.25, 0.3) is 0 Å². The van der Waals surface area contributed by atoms with Crippen molar-refractivity contribution < 1.29 is 54.1 Å². The van der Waals surface area contributed by atoms with E-state index in [2.05, 4.69) is 79.5 Å². The molecular formula is C73H105NO11. The van der Waals surface area contributed by atoms with Crippen LogP contribution in [0.5, 0.6) is 34.5 Å². The summed E-state index contributed by atoms with van der Waals surface area (Å²) in [5.74, 6) is 0.366. The zero-order chi connectivity index (χ0) is 63.1. The lowest BCUT2D eigenvalue weighted by atomic mass is 9.73. The maximum Gasteiger partial charge on any atom is 0.340 e. The number of aliphatic hydroxyl groups excluding tert-OH is 2. The molecule has 0 saturated heterocycles. The van der Waals surface area contributed by atoms with Crippen molar-refractivity contribution in [1.82, 2.24) is 4.90 Å². The molecule has 0 unspecified atom stereocenters. The first kappa shape index (κ1) is 71.3. The largest absolute Gasteiger partial charge is 0.507 e. The third-order valence-corrected chi connectivity index (χ3v) is 16.8. The molecule has 468 valence electrons. The maximum absolute atomic E-state index is 12.6. The summed E-state index contributed by atoms with van der Waals surface area (Å²) >= 11 is 0. The highest BCUT2D eigenvalue weighted by Crippen LogP contribution is 2.50. The minimum atomic E-state index is -1.22. The summed E-state index contributed by atoms with van der Waals surface area (Å²) in [7, 11) is 3.87. The quantitative estimate of drug-likeness (QED) is 0.0222. The summed E-state index contributed by atoms with van der Waals surface area (Å²) in [5, 5.41) is 51.5. The Hall–Kier alpha value is -6.21. The van der Waals surface area contributed by atoms with Gasteiger partial charge in [-0.3, -0.25) is 4.79 Å². The van der Waals surface area contributed by atoms with Crippen LogP contribution in [0.25, 0.3) is 0 Å². The van der Waals surface area contributed by atoms with Crippen molar-refractivity contribution in [3.63, 3.8) is 0 Å². The first-order valence-corrected chi connectivity index (χ1v) is 31.5. The van der Waals surface area contributed by atoms with E-state index in [9.17, 15) is 34.8 Å². The van der Waals surface area contributed by atoms with Gasteiger partial charge in [-0.1, -0.05) is 131 Å². The monoisotopic (exact) mass is 1170 g/mol. The van der Waals surface area contributed by atoms with E-state index in [4.69, 9.17) is 19.3 Å². The lowest BCUT2D eigenvalue weighted by molar-refractivity contribution is -0.142. The predicted molar refractivity (Wildman–Crippen MR) is 345 cm³/mol. The molecule has 0 aromatic heterocycles. The van der Waals surface area contributed by atoms with Crippen molar-refractivity contribution in [2.45, 2.75) is 215 Å².